The van der Waals surface area contributed by atoms with E-state index in [2.05, 4.69) is 536 Å². The normalized spacial score (nSPS) is 12.8. The summed E-state index contributed by atoms with van der Waals surface area (Å²) in [5.41, 5.74) is 34.8. The summed E-state index contributed by atoms with van der Waals surface area (Å²) in [6.07, 6.45) is 6.33. The van der Waals surface area contributed by atoms with Crippen LogP contribution in [0.2, 0.25) is 0 Å². The summed E-state index contributed by atoms with van der Waals surface area (Å²) in [4.78, 5) is 16.1. The molecule has 2 aliphatic carbocycles. The van der Waals surface area contributed by atoms with Crippen LogP contribution in [0.5, 0.6) is 0 Å². The van der Waals surface area contributed by atoms with Gasteiger partial charge in [0.2, 0.25) is 0 Å². The topological polar surface area (TPSA) is 53.5 Å². The summed E-state index contributed by atoms with van der Waals surface area (Å²) < 4.78 is 9.87. The third-order valence-corrected chi connectivity index (χ3v) is 31.9. The fourth-order valence-electron chi connectivity index (χ4n) is 24.8. The van der Waals surface area contributed by atoms with E-state index in [-0.39, 0.29) is 0 Å². The molecule has 7 heteroatoms. The average Bonchev–Trinajstić information content (AvgIpc) is 1.50. The Morgan fingerprint density at radius 2 is 0.542 bits per heavy atom. The molecule has 22 aromatic carbocycles. The van der Waals surface area contributed by atoms with Crippen molar-refractivity contribution in [2.75, 3.05) is 0 Å². The highest BCUT2D eigenvalue weighted by molar-refractivity contribution is 7.26. The summed E-state index contributed by atoms with van der Waals surface area (Å²) in [5, 5.41) is 20.8. The lowest BCUT2D eigenvalue weighted by Gasteiger charge is -2.35. The van der Waals surface area contributed by atoms with Crippen LogP contribution in [0.15, 0.2) is 522 Å². The third kappa shape index (κ3) is 12.4. The van der Waals surface area contributed by atoms with Crippen LogP contribution in [0.3, 0.4) is 0 Å². The molecule has 31 rings (SSSR count). The number of hydrogen-bond acceptors (Lipinski definition) is 4. The molecular weight excluding hydrogens is 1760 g/mol. The highest BCUT2D eigenvalue weighted by atomic mass is 32.1. The van der Waals surface area contributed by atoms with Gasteiger partial charge in [-0.3, -0.25) is 15.0 Å². The molecule has 0 N–H and O–H groups in total. The van der Waals surface area contributed by atoms with Crippen molar-refractivity contribution in [1.82, 2.24) is 28.7 Å². The molecule has 0 atom stereocenters. The molecule has 144 heavy (non-hydrogen) atoms. The number of nitrogens with zero attached hydrogens (tertiary/aromatic N) is 6. The molecular formula is C137H86N6S. The maximum Gasteiger partial charge on any atom is 0.0902 e. The first kappa shape index (κ1) is 82.5. The highest BCUT2D eigenvalue weighted by Crippen LogP contribution is 2.63. The molecule has 0 aliphatic heterocycles. The van der Waals surface area contributed by atoms with Crippen LogP contribution in [0.4, 0.5) is 0 Å². The van der Waals surface area contributed by atoms with Crippen molar-refractivity contribution in [1.29, 1.82) is 0 Å². The van der Waals surface area contributed by atoms with Gasteiger partial charge in [-0.2, -0.15) is 0 Å². The molecule has 6 nitrogen and oxygen atoms in total. The van der Waals surface area contributed by atoms with Gasteiger partial charge in [0, 0.05) is 111 Å². The molecule has 0 bridgehead atoms. The standard InChI is InChI=1S/C50H32N2.C44H28N2.C43H26N2S/c1-4-14-33(15-5-1)34-24-27-38(28-25-34)52-45-23-13-12-22-40(45)43-32-51-48-42(49(43)52)30-29-41-46-39-21-11-10-16-35(39)26-31-44(46)50(47(41)48,36-17-6-2-7-18-36)37-19-8-3-9-20-37;1-4-15-30(16-5-1)44(31-17-6-2-7-18-31)40-33-21-11-10-14-29(33)24-25-35(40)36-26-27-37-42(41(36)44)45-28-38-34-22-12-13-23-39(34)46(43(37)38)32-19-8-3-9-20-32;1-3-11-27(12-4-1)30-23-31(28-13-5-2-6-14-28)25-32(24-30)45-38-18-10-9-17-34(38)37-26-44-41-36(42(37)45)21-20-35-40-33-16-8-7-15-29(33)19-22-39(40)46-43(35)41/h1-32H;1-28H;1-26H. The molecule has 2 aliphatic rings. The van der Waals surface area contributed by atoms with Crippen molar-refractivity contribution in [3.8, 4) is 72.7 Å². The summed E-state index contributed by atoms with van der Waals surface area (Å²) in [6.45, 7) is 0. The minimum Gasteiger partial charge on any atom is -0.309 e. The lowest BCUT2D eigenvalue weighted by atomic mass is 9.66. The molecule has 29 aromatic rings. The molecule has 0 fully saturated rings. The predicted molar refractivity (Wildman–Crippen MR) is 605 cm³/mol. The zero-order valence-corrected chi connectivity index (χ0v) is 79.1. The van der Waals surface area contributed by atoms with E-state index in [0.29, 0.717) is 0 Å². The molecule has 7 heterocycles. The van der Waals surface area contributed by atoms with Gasteiger partial charge in [-0.15, -0.1) is 11.3 Å². The Balaban J connectivity index is 0.000000103. The van der Waals surface area contributed by atoms with Crippen LogP contribution in [-0.4, -0.2) is 28.7 Å². The van der Waals surface area contributed by atoms with Crippen molar-refractivity contribution in [2.24, 2.45) is 0 Å². The zero-order chi connectivity index (χ0) is 94.7. The molecule has 0 saturated carbocycles. The predicted octanol–water partition coefficient (Wildman–Crippen LogP) is 35.6. The van der Waals surface area contributed by atoms with Crippen LogP contribution >= 0.6 is 11.3 Å². The van der Waals surface area contributed by atoms with Crippen LogP contribution in [0, 0.1) is 0 Å². The molecule has 0 unspecified atom stereocenters. The third-order valence-electron chi connectivity index (χ3n) is 30.7. The first-order valence-corrected chi connectivity index (χ1v) is 50.3. The van der Waals surface area contributed by atoms with Crippen molar-refractivity contribution >= 4 is 162 Å². The van der Waals surface area contributed by atoms with Crippen LogP contribution in [0.1, 0.15) is 44.5 Å². The number of aromatic nitrogens is 6. The first-order chi connectivity index (χ1) is 71.5. The Bertz CT molecular complexity index is 10100. The van der Waals surface area contributed by atoms with Crippen LogP contribution < -0.4 is 0 Å². The summed E-state index contributed by atoms with van der Waals surface area (Å²) in [5.74, 6) is 0. The maximum absolute atomic E-state index is 5.49. The molecule has 0 saturated heterocycles. The van der Waals surface area contributed by atoms with E-state index in [9.17, 15) is 0 Å². The van der Waals surface area contributed by atoms with E-state index in [0.717, 1.165) is 55.2 Å². The lowest BCUT2D eigenvalue weighted by molar-refractivity contribution is 0.774. The van der Waals surface area contributed by atoms with E-state index in [1.165, 1.54) is 213 Å². The van der Waals surface area contributed by atoms with Gasteiger partial charge in [0.15, 0.2) is 0 Å². The number of fused-ring (bicyclic) bond motifs is 33. The van der Waals surface area contributed by atoms with Gasteiger partial charge in [-0.1, -0.05) is 431 Å². The molecule has 0 spiro atoms. The summed E-state index contributed by atoms with van der Waals surface area (Å²) in [7, 11) is 0. The SMILES string of the molecule is c1ccc(-c2cc(-c3ccccc3)cc(-n3c4ccccc4c4cnc5c(ccc6c5sc5ccc7ccccc7c56)c43)c2)cc1.c1ccc(-c2ccc(-n3c4ccccc4c4cnc5c6c(ccc5c43)-c3c(ccc4ccccc34)C6(c3ccccc3)c3ccccc3)cc2)cc1.c1ccc(-n2c3ccccc3c3cnc4c5c(ccc4c32)-c2ccc3ccccc3c2C5(c2ccccc2)c2ccccc2)cc1. The second-order valence-electron chi connectivity index (χ2n) is 38.1. The van der Waals surface area contributed by atoms with E-state index in [1.54, 1.807) is 0 Å². The maximum atomic E-state index is 5.49. The summed E-state index contributed by atoms with van der Waals surface area (Å²) >= 11 is 1.85. The largest absolute Gasteiger partial charge is 0.309 e. The van der Waals surface area contributed by atoms with Crippen LogP contribution in [-0.2, 0) is 10.8 Å². The van der Waals surface area contributed by atoms with Crippen molar-refractivity contribution in [2.45, 2.75) is 10.8 Å². The zero-order valence-electron chi connectivity index (χ0n) is 78.2. The second kappa shape index (κ2) is 33.1. The van der Waals surface area contributed by atoms with Crippen molar-refractivity contribution in [3.05, 3.63) is 567 Å². The minimum absolute atomic E-state index is 0.572. The Labute approximate surface area is 834 Å². The number of rotatable bonds is 10. The average molecular weight is 1850 g/mol. The van der Waals surface area contributed by atoms with Gasteiger partial charge in [-0.05, 0) is 194 Å². The summed E-state index contributed by atoms with van der Waals surface area (Å²) in [6, 6.07) is 183. The van der Waals surface area contributed by atoms with Gasteiger partial charge in [0.1, 0.15) is 0 Å². The van der Waals surface area contributed by atoms with Crippen LogP contribution in [0.25, 0.3) is 223 Å². The van der Waals surface area contributed by atoms with E-state index in [1.807, 2.05) is 11.3 Å². The Hall–Kier alpha value is -18.5. The van der Waals surface area contributed by atoms with Crippen molar-refractivity contribution < 1.29 is 0 Å². The Kier molecular flexibility index (Phi) is 19.0. The monoisotopic (exact) mass is 1850 g/mol. The smallest absolute Gasteiger partial charge is 0.0902 e. The minimum atomic E-state index is -0.578. The van der Waals surface area contributed by atoms with Gasteiger partial charge >= 0.3 is 0 Å². The second-order valence-corrected chi connectivity index (χ2v) is 39.2. The van der Waals surface area contributed by atoms with Gasteiger partial charge in [-0.25, -0.2) is 0 Å². The van der Waals surface area contributed by atoms with Gasteiger partial charge in [0.25, 0.3) is 0 Å². The van der Waals surface area contributed by atoms with E-state index >= 15 is 0 Å². The number of hydrogen-bond donors (Lipinski definition) is 0. The van der Waals surface area contributed by atoms with Gasteiger partial charge < -0.3 is 13.7 Å². The molecule has 7 aromatic heterocycles. The fraction of sp³-hybridized carbons (Fsp3) is 0.0146. The first-order valence-electron chi connectivity index (χ1n) is 49.5. The molecule has 0 radical (unpaired) electrons. The number of benzene rings is 22. The quantitative estimate of drug-likeness (QED) is 0.137. The Morgan fingerprint density at radius 3 is 1.06 bits per heavy atom. The molecule has 670 valence electrons. The molecule has 0 amide bonds. The number of thiophene rings is 1. The highest BCUT2D eigenvalue weighted by Gasteiger charge is 2.51. The fourth-order valence-corrected chi connectivity index (χ4v) is 26.0. The lowest BCUT2D eigenvalue weighted by Crippen LogP contribution is -2.29. The van der Waals surface area contributed by atoms with E-state index < -0.39 is 10.8 Å². The van der Waals surface area contributed by atoms with Crippen molar-refractivity contribution in [3.63, 3.8) is 0 Å². The number of pyridine rings is 3. The van der Waals surface area contributed by atoms with Gasteiger partial charge in [0.05, 0.1) is 65.2 Å². The van der Waals surface area contributed by atoms with E-state index in [4.69, 9.17) is 15.0 Å². The number of para-hydroxylation sites is 4. The Morgan fingerprint density at radius 1 is 0.201 bits per heavy atom.